The highest BCUT2D eigenvalue weighted by atomic mass is 16.6. The van der Waals surface area contributed by atoms with Gasteiger partial charge in [0, 0.05) is 19.3 Å². The molecule has 0 unspecified atom stereocenters. The number of hydrogen-bond acceptors (Lipinski definition) is 6. The van der Waals surface area contributed by atoms with Gasteiger partial charge in [-0.25, -0.2) is 0 Å². The van der Waals surface area contributed by atoms with Gasteiger partial charge in [-0.2, -0.15) is 0 Å². The van der Waals surface area contributed by atoms with Gasteiger partial charge in [-0.05, 0) is 25.2 Å². The molecule has 0 heterocycles. The van der Waals surface area contributed by atoms with Crippen LogP contribution in [0.15, 0.2) is 0 Å². The van der Waals surface area contributed by atoms with Crippen LogP contribution in [0.1, 0.15) is 246 Å². The molecular formula is C45H86O6. The molecule has 0 bridgehead atoms. The third-order valence-electron chi connectivity index (χ3n) is 10.0. The van der Waals surface area contributed by atoms with Crippen molar-refractivity contribution in [1.29, 1.82) is 0 Å². The molecule has 1 atom stereocenters. The molecule has 0 radical (unpaired) electrons. The van der Waals surface area contributed by atoms with E-state index in [1.807, 2.05) is 0 Å². The van der Waals surface area contributed by atoms with E-state index in [2.05, 4.69) is 27.7 Å². The summed E-state index contributed by atoms with van der Waals surface area (Å²) in [6.07, 6.45) is 38.0. The van der Waals surface area contributed by atoms with E-state index in [0.717, 1.165) is 63.7 Å². The largest absolute Gasteiger partial charge is 0.462 e. The van der Waals surface area contributed by atoms with Gasteiger partial charge >= 0.3 is 17.9 Å². The lowest BCUT2D eigenvalue weighted by Crippen LogP contribution is -2.30. The van der Waals surface area contributed by atoms with Crippen molar-refractivity contribution in [3.05, 3.63) is 0 Å². The molecule has 0 aromatic heterocycles. The zero-order valence-corrected chi connectivity index (χ0v) is 34.6. The first-order valence-electron chi connectivity index (χ1n) is 22.4. The van der Waals surface area contributed by atoms with Gasteiger partial charge < -0.3 is 14.2 Å². The van der Waals surface area contributed by atoms with E-state index in [0.29, 0.717) is 19.3 Å². The van der Waals surface area contributed by atoms with Crippen LogP contribution >= 0.6 is 0 Å². The van der Waals surface area contributed by atoms with Gasteiger partial charge in [-0.15, -0.1) is 0 Å². The summed E-state index contributed by atoms with van der Waals surface area (Å²) < 4.78 is 16.7. The van der Waals surface area contributed by atoms with Gasteiger partial charge in [-0.1, -0.05) is 207 Å². The lowest BCUT2D eigenvalue weighted by atomic mass is 10.0. The van der Waals surface area contributed by atoms with Gasteiger partial charge in [0.2, 0.25) is 0 Å². The number of esters is 3. The quantitative estimate of drug-likeness (QED) is 0.0356. The lowest BCUT2D eigenvalue weighted by Gasteiger charge is -2.18. The predicted octanol–water partition coefficient (Wildman–Crippen LogP) is 13.9. The summed E-state index contributed by atoms with van der Waals surface area (Å²) in [7, 11) is 0. The summed E-state index contributed by atoms with van der Waals surface area (Å²) in [5.74, 6) is -0.0491. The van der Waals surface area contributed by atoms with E-state index < -0.39 is 6.10 Å². The molecule has 0 rings (SSSR count). The number of unbranched alkanes of at least 4 members (excludes halogenated alkanes) is 27. The van der Waals surface area contributed by atoms with E-state index in [4.69, 9.17) is 14.2 Å². The monoisotopic (exact) mass is 723 g/mol. The van der Waals surface area contributed by atoms with Crippen LogP contribution in [0.4, 0.5) is 0 Å². The van der Waals surface area contributed by atoms with Crippen molar-refractivity contribution in [2.45, 2.75) is 252 Å². The second-order valence-electron chi connectivity index (χ2n) is 15.8. The smallest absolute Gasteiger partial charge is 0.306 e. The average molecular weight is 723 g/mol. The maximum absolute atomic E-state index is 12.7. The van der Waals surface area contributed by atoms with E-state index in [9.17, 15) is 14.4 Å². The fourth-order valence-corrected chi connectivity index (χ4v) is 6.63. The van der Waals surface area contributed by atoms with Crippen molar-refractivity contribution in [2.75, 3.05) is 13.2 Å². The normalized spacial score (nSPS) is 11.9. The van der Waals surface area contributed by atoms with Gasteiger partial charge in [0.25, 0.3) is 0 Å². The maximum atomic E-state index is 12.7. The summed E-state index contributed by atoms with van der Waals surface area (Å²) in [5, 5.41) is 0. The average Bonchev–Trinajstić information content (AvgIpc) is 3.11. The Kier molecular flexibility index (Phi) is 38.4. The molecule has 0 amide bonds. The van der Waals surface area contributed by atoms with Crippen molar-refractivity contribution in [2.24, 2.45) is 5.92 Å². The van der Waals surface area contributed by atoms with Crippen molar-refractivity contribution < 1.29 is 28.6 Å². The molecule has 0 aliphatic carbocycles. The van der Waals surface area contributed by atoms with E-state index in [-0.39, 0.29) is 31.1 Å². The summed E-state index contributed by atoms with van der Waals surface area (Å²) >= 11 is 0. The van der Waals surface area contributed by atoms with Gasteiger partial charge in [0.05, 0.1) is 0 Å². The number of carbonyl (C=O) groups is 3. The molecule has 0 saturated heterocycles. The molecule has 0 aromatic rings. The first-order chi connectivity index (χ1) is 24.9. The van der Waals surface area contributed by atoms with Crippen LogP contribution in [-0.4, -0.2) is 37.2 Å². The zero-order valence-electron chi connectivity index (χ0n) is 34.6. The third kappa shape index (κ3) is 39.5. The summed E-state index contributed by atoms with van der Waals surface area (Å²) in [6, 6.07) is 0. The van der Waals surface area contributed by atoms with Crippen LogP contribution in [0.5, 0.6) is 0 Å². The Morgan fingerprint density at radius 3 is 0.961 bits per heavy atom. The Morgan fingerprint density at radius 1 is 0.373 bits per heavy atom. The maximum Gasteiger partial charge on any atom is 0.306 e. The zero-order chi connectivity index (χ0) is 37.5. The molecule has 0 aliphatic heterocycles. The molecule has 0 fully saturated rings. The number of rotatable bonds is 40. The minimum atomic E-state index is -0.758. The molecule has 0 aliphatic rings. The topological polar surface area (TPSA) is 78.9 Å². The van der Waals surface area contributed by atoms with Crippen LogP contribution in [0.2, 0.25) is 0 Å². The molecular weight excluding hydrogens is 636 g/mol. The van der Waals surface area contributed by atoms with Crippen molar-refractivity contribution >= 4 is 17.9 Å². The predicted molar refractivity (Wildman–Crippen MR) is 215 cm³/mol. The van der Waals surface area contributed by atoms with Crippen LogP contribution in [0.3, 0.4) is 0 Å². The highest BCUT2D eigenvalue weighted by molar-refractivity contribution is 5.71. The molecule has 0 spiro atoms. The minimum absolute atomic E-state index is 0.0641. The van der Waals surface area contributed by atoms with Crippen molar-refractivity contribution in [3.63, 3.8) is 0 Å². The Morgan fingerprint density at radius 2 is 0.647 bits per heavy atom. The Labute approximate surface area is 317 Å². The van der Waals surface area contributed by atoms with Crippen LogP contribution in [-0.2, 0) is 28.6 Å². The first kappa shape index (κ1) is 49.4. The fourth-order valence-electron chi connectivity index (χ4n) is 6.63. The second kappa shape index (κ2) is 39.6. The molecule has 0 aromatic carbocycles. The first-order valence-corrected chi connectivity index (χ1v) is 22.4. The summed E-state index contributed by atoms with van der Waals surface area (Å²) in [4.78, 5) is 37.6. The molecule has 0 saturated carbocycles. The standard InChI is InChI=1S/C45H86O6/c1-5-7-9-11-13-15-17-21-26-30-34-38-45(48)51-42(39-49-43(46)36-32-28-24-20-16-14-12-10-8-6-2)40-50-44(47)37-33-29-25-22-18-19-23-27-31-35-41(3)4/h41-42H,5-40H2,1-4H3/t42-/m1/s1. The summed E-state index contributed by atoms with van der Waals surface area (Å²) in [5.41, 5.74) is 0. The highest BCUT2D eigenvalue weighted by Gasteiger charge is 2.19. The highest BCUT2D eigenvalue weighted by Crippen LogP contribution is 2.16. The Hall–Kier alpha value is -1.59. The Bertz CT molecular complexity index is 766. The fraction of sp³-hybridized carbons (Fsp3) is 0.933. The van der Waals surface area contributed by atoms with E-state index >= 15 is 0 Å². The number of carbonyl (C=O) groups excluding carboxylic acids is 3. The summed E-state index contributed by atoms with van der Waals surface area (Å²) in [6.45, 7) is 8.95. The molecule has 0 N–H and O–H groups in total. The van der Waals surface area contributed by atoms with E-state index in [1.165, 1.54) is 141 Å². The van der Waals surface area contributed by atoms with Gasteiger partial charge in [0.15, 0.2) is 6.10 Å². The minimum Gasteiger partial charge on any atom is -0.462 e. The van der Waals surface area contributed by atoms with Crippen LogP contribution < -0.4 is 0 Å². The molecule has 302 valence electrons. The van der Waals surface area contributed by atoms with Crippen LogP contribution in [0, 0.1) is 5.92 Å². The van der Waals surface area contributed by atoms with Gasteiger partial charge in [0.1, 0.15) is 13.2 Å². The third-order valence-corrected chi connectivity index (χ3v) is 10.0. The van der Waals surface area contributed by atoms with E-state index in [1.54, 1.807) is 0 Å². The lowest BCUT2D eigenvalue weighted by molar-refractivity contribution is -0.167. The number of hydrogen-bond donors (Lipinski definition) is 0. The van der Waals surface area contributed by atoms with Gasteiger partial charge in [-0.3, -0.25) is 14.4 Å². The number of ether oxygens (including phenoxy) is 3. The second-order valence-corrected chi connectivity index (χ2v) is 15.8. The molecule has 6 nitrogen and oxygen atoms in total. The van der Waals surface area contributed by atoms with Crippen molar-refractivity contribution in [1.82, 2.24) is 0 Å². The SMILES string of the molecule is CCCCCCCCCCCCCC(=O)O[C@H](COC(=O)CCCCCCCCCCCC)COC(=O)CCCCCCCCCCCC(C)C. The molecule has 6 heteroatoms. The van der Waals surface area contributed by atoms with Crippen LogP contribution in [0.25, 0.3) is 0 Å². The van der Waals surface area contributed by atoms with Crippen molar-refractivity contribution in [3.8, 4) is 0 Å². The molecule has 51 heavy (non-hydrogen) atoms. The Balaban J connectivity index is 4.33.